The van der Waals surface area contributed by atoms with Crippen molar-refractivity contribution in [3.8, 4) is 0 Å². The zero-order valence-electron chi connectivity index (χ0n) is 17.5. The maximum Gasteiger partial charge on any atom is 0.253 e. The van der Waals surface area contributed by atoms with Crippen LogP contribution in [0, 0.1) is 13.8 Å². The number of hydrogen-bond donors (Lipinski definition) is 1. The zero-order valence-corrected chi connectivity index (χ0v) is 17.5. The molecule has 0 radical (unpaired) electrons. The van der Waals surface area contributed by atoms with Crippen LogP contribution in [0.5, 0.6) is 0 Å². The highest BCUT2D eigenvalue weighted by Gasteiger charge is 2.31. The van der Waals surface area contributed by atoms with Gasteiger partial charge in [-0.2, -0.15) is 0 Å². The van der Waals surface area contributed by atoms with Crippen molar-refractivity contribution in [2.75, 3.05) is 42.6 Å². The summed E-state index contributed by atoms with van der Waals surface area (Å²) in [7, 11) is 0. The molecule has 4 rings (SSSR count). The number of aliphatic hydroxyl groups excluding tert-OH is 1. The van der Waals surface area contributed by atoms with Gasteiger partial charge < -0.3 is 19.8 Å². The minimum Gasteiger partial charge on any atom is -0.394 e. The minimum atomic E-state index is -0.175. The van der Waals surface area contributed by atoms with Crippen molar-refractivity contribution in [1.82, 2.24) is 9.88 Å². The summed E-state index contributed by atoms with van der Waals surface area (Å²) in [4.78, 5) is 35.4. The Bertz CT molecular complexity index is 936. The fourth-order valence-electron chi connectivity index (χ4n) is 4.38. The topological polar surface area (TPSA) is 77.0 Å². The van der Waals surface area contributed by atoms with Crippen molar-refractivity contribution in [2.45, 2.75) is 32.7 Å². The molecule has 1 aromatic heterocycles. The highest BCUT2D eigenvalue weighted by atomic mass is 16.3. The van der Waals surface area contributed by atoms with Gasteiger partial charge in [0.15, 0.2) is 0 Å². The third-order valence-corrected chi connectivity index (χ3v) is 5.98. The van der Waals surface area contributed by atoms with Crippen LogP contribution in [0.15, 0.2) is 36.5 Å². The molecule has 2 saturated heterocycles. The molecule has 2 aliphatic rings. The van der Waals surface area contributed by atoms with Crippen LogP contribution in [-0.2, 0) is 4.79 Å². The Balaban J connectivity index is 1.40. The maximum atomic E-state index is 12.9. The highest BCUT2D eigenvalue weighted by molar-refractivity contribution is 5.98. The Labute approximate surface area is 176 Å². The fraction of sp³-hybridized carbons (Fsp3) is 0.435. The van der Waals surface area contributed by atoms with Crippen LogP contribution in [0.1, 0.15) is 34.3 Å². The van der Waals surface area contributed by atoms with Crippen molar-refractivity contribution in [2.24, 2.45) is 0 Å². The smallest absolute Gasteiger partial charge is 0.253 e. The molecule has 2 aliphatic heterocycles. The molecule has 30 heavy (non-hydrogen) atoms. The maximum absolute atomic E-state index is 12.9. The van der Waals surface area contributed by atoms with Gasteiger partial charge in [-0.25, -0.2) is 4.98 Å². The van der Waals surface area contributed by atoms with Crippen LogP contribution >= 0.6 is 0 Å². The van der Waals surface area contributed by atoms with E-state index in [1.54, 1.807) is 29.2 Å². The molecule has 1 aromatic carbocycles. The first-order chi connectivity index (χ1) is 14.5. The second kappa shape index (κ2) is 8.44. The van der Waals surface area contributed by atoms with E-state index in [-0.39, 0.29) is 24.5 Å². The number of aliphatic hydroxyl groups is 1. The molecule has 0 spiro atoms. The number of hydrogen-bond acceptors (Lipinski definition) is 5. The van der Waals surface area contributed by atoms with Gasteiger partial charge in [-0.3, -0.25) is 9.59 Å². The molecule has 0 bridgehead atoms. The lowest BCUT2D eigenvalue weighted by Crippen LogP contribution is -2.49. The van der Waals surface area contributed by atoms with E-state index in [2.05, 4.69) is 22.9 Å². The molecule has 0 unspecified atom stereocenters. The van der Waals surface area contributed by atoms with E-state index in [0.717, 1.165) is 35.7 Å². The third-order valence-electron chi connectivity index (χ3n) is 5.98. The molecule has 1 N–H and O–H groups in total. The first-order valence-corrected chi connectivity index (χ1v) is 10.5. The van der Waals surface area contributed by atoms with E-state index in [1.165, 1.54) is 0 Å². The number of rotatable bonds is 4. The third kappa shape index (κ3) is 3.89. The Morgan fingerprint density at radius 1 is 1.13 bits per heavy atom. The number of nitrogens with zero attached hydrogens (tertiary/aromatic N) is 4. The van der Waals surface area contributed by atoms with Gasteiger partial charge in [0, 0.05) is 50.0 Å². The van der Waals surface area contributed by atoms with E-state index >= 15 is 0 Å². The van der Waals surface area contributed by atoms with Gasteiger partial charge in [-0.05, 0) is 55.7 Å². The second-order valence-corrected chi connectivity index (χ2v) is 8.12. The summed E-state index contributed by atoms with van der Waals surface area (Å²) in [6, 6.07) is 9.11. The largest absolute Gasteiger partial charge is 0.394 e. The van der Waals surface area contributed by atoms with Crippen molar-refractivity contribution >= 4 is 23.3 Å². The molecule has 7 heteroatoms. The highest BCUT2D eigenvalue weighted by Crippen LogP contribution is 2.27. The molecular formula is C23H28N4O3. The number of aromatic nitrogens is 1. The molecule has 158 valence electrons. The average Bonchev–Trinajstić information content (AvgIpc) is 3.14. The Morgan fingerprint density at radius 2 is 1.83 bits per heavy atom. The normalized spacial score (nSPS) is 19.5. The van der Waals surface area contributed by atoms with E-state index in [9.17, 15) is 14.7 Å². The van der Waals surface area contributed by atoms with Gasteiger partial charge in [-0.15, -0.1) is 0 Å². The minimum absolute atomic E-state index is 0.00115. The summed E-state index contributed by atoms with van der Waals surface area (Å²) >= 11 is 0. The number of carbonyl (C=O) groups is 2. The lowest BCUT2D eigenvalue weighted by molar-refractivity contribution is -0.117. The monoisotopic (exact) mass is 408 g/mol. The van der Waals surface area contributed by atoms with Crippen LogP contribution < -0.4 is 9.80 Å². The Hall–Kier alpha value is -2.93. The van der Waals surface area contributed by atoms with Crippen molar-refractivity contribution < 1.29 is 14.7 Å². The molecule has 7 nitrogen and oxygen atoms in total. The van der Waals surface area contributed by atoms with Gasteiger partial charge in [0.05, 0.1) is 12.6 Å². The lowest BCUT2D eigenvalue weighted by atomic mass is 10.1. The average molecular weight is 409 g/mol. The lowest BCUT2D eigenvalue weighted by Gasteiger charge is -2.36. The number of amides is 2. The van der Waals surface area contributed by atoms with Crippen LogP contribution in [0.2, 0.25) is 0 Å². The SMILES string of the molecule is Cc1cnc(N2CCN(C(=O)c3ccc(N4C(=O)CC[C@H]4CO)cc3)CC2)c(C)c1. The van der Waals surface area contributed by atoms with Gasteiger partial charge in [0.2, 0.25) is 5.91 Å². The molecule has 2 aromatic rings. The van der Waals surface area contributed by atoms with Gasteiger partial charge in [-0.1, -0.05) is 6.07 Å². The molecule has 2 amide bonds. The Morgan fingerprint density at radius 3 is 2.47 bits per heavy atom. The molecule has 0 saturated carbocycles. The van der Waals surface area contributed by atoms with E-state index < -0.39 is 0 Å². The number of aryl methyl sites for hydroxylation is 2. The summed E-state index contributed by atoms with van der Waals surface area (Å²) in [6.45, 7) is 6.85. The van der Waals surface area contributed by atoms with Gasteiger partial charge >= 0.3 is 0 Å². The van der Waals surface area contributed by atoms with Gasteiger partial charge in [0.25, 0.3) is 5.91 Å². The number of piperazine rings is 1. The van der Waals surface area contributed by atoms with Crippen LogP contribution in [0.4, 0.5) is 11.5 Å². The summed E-state index contributed by atoms with van der Waals surface area (Å²) in [5.74, 6) is 1.01. The first-order valence-electron chi connectivity index (χ1n) is 10.5. The molecule has 1 atom stereocenters. The van der Waals surface area contributed by atoms with Gasteiger partial charge in [0.1, 0.15) is 5.82 Å². The summed E-state index contributed by atoms with van der Waals surface area (Å²) in [5.41, 5.74) is 3.65. The van der Waals surface area contributed by atoms with Crippen molar-refractivity contribution in [1.29, 1.82) is 0 Å². The predicted molar refractivity (Wildman–Crippen MR) is 116 cm³/mol. The fourth-order valence-corrected chi connectivity index (χ4v) is 4.38. The van der Waals surface area contributed by atoms with Crippen LogP contribution in [0.3, 0.4) is 0 Å². The molecule has 3 heterocycles. The second-order valence-electron chi connectivity index (χ2n) is 8.12. The first kappa shape index (κ1) is 20.3. The van der Waals surface area contributed by atoms with Crippen molar-refractivity contribution in [3.63, 3.8) is 0 Å². The quantitative estimate of drug-likeness (QED) is 0.839. The van der Waals surface area contributed by atoms with E-state index in [4.69, 9.17) is 0 Å². The van der Waals surface area contributed by atoms with Crippen molar-refractivity contribution in [3.05, 3.63) is 53.2 Å². The Kier molecular flexibility index (Phi) is 5.72. The number of pyridine rings is 1. The molecular weight excluding hydrogens is 380 g/mol. The standard InChI is InChI=1S/C23H28N4O3/c1-16-13-17(2)22(24-14-16)25-9-11-26(12-10-25)23(30)18-3-5-19(6-4-18)27-20(15-28)7-8-21(27)29/h3-6,13-14,20,28H,7-12,15H2,1-2H3/t20-/m0/s1. The number of anilines is 2. The number of carbonyl (C=O) groups excluding carboxylic acids is 2. The molecule has 2 fully saturated rings. The zero-order chi connectivity index (χ0) is 21.3. The predicted octanol–water partition coefficient (Wildman–Crippen LogP) is 2.15. The van der Waals surface area contributed by atoms with Crippen LogP contribution in [-0.4, -0.2) is 65.6 Å². The molecule has 0 aliphatic carbocycles. The number of benzene rings is 1. The van der Waals surface area contributed by atoms with Crippen LogP contribution in [0.25, 0.3) is 0 Å². The summed E-state index contributed by atoms with van der Waals surface area (Å²) in [6.07, 6.45) is 3.00. The van der Waals surface area contributed by atoms with E-state index in [1.807, 2.05) is 18.0 Å². The summed E-state index contributed by atoms with van der Waals surface area (Å²) in [5, 5.41) is 9.50. The van der Waals surface area contributed by atoms with E-state index in [0.29, 0.717) is 31.5 Å². The summed E-state index contributed by atoms with van der Waals surface area (Å²) < 4.78 is 0.